The Bertz CT molecular complexity index is 523. The van der Waals surface area contributed by atoms with Gasteiger partial charge < -0.3 is 10.1 Å². The molecule has 0 saturated carbocycles. The molecule has 4 nitrogen and oxygen atoms in total. The number of carboxylic acids is 1. The highest BCUT2D eigenvalue weighted by Gasteiger charge is 2.10. The maximum Gasteiger partial charge on any atom is 0.335 e. The van der Waals surface area contributed by atoms with E-state index in [1.54, 1.807) is 0 Å². The monoisotopic (exact) mass is 274 g/mol. The Kier molecular flexibility index (Phi) is 2.20. The average Bonchev–Trinajstić information content (AvgIpc) is 2.45. The summed E-state index contributed by atoms with van der Waals surface area (Å²) in [4.78, 5) is 17.5. The third-order valence-corrected chi connectivity index (χ3v) is 2.54. The molecule has 0 aliphatic rings. The molecule has 0 spiro atoms. The van der Waals surface area contributed by atoms with E-state index in [1.807, 2.05) is 0 Å². The number of benzene rings is 1. The number of fused-ring (bicyclic) bond motifs is 1. The van der Waals surface area contributed by atoms with Crippen LogP contribution in [0.1, 0.15) is 10.4 Å². The molecule has 0 radical (unpaired) electrons. The minimum Gasteiger partial charge on any atom is -0.478 e. The Labute approximate surface area is 92.0 Å². The summed E-state index contributed by atoms with van der Waals surface area (Å²) in [5, 5.41) is 9.03. The van der Waals surface area contributed by atoms with Crippen LogP contribution in [0.15, 0.2) is 16.6 Å². The summed E-state index contributed by atoms with van der Waals surface area (Å²) in [6.45, 7) is 0. The lowest BCUT2D eigenvalue weighted by atomic mass is 10.2. The molecule has 0 bridgehead atoms. The van der Waals surface area contributed by atoms with Crippen LogP contribution < -0.4 is 0 Å². The van der Waals surface area contributed by atoms with E-state index in [9.17, 15) is 4.79 Å². The zero-order chi connectivity index (χ0) is 10.3. The van der Waals surface area contributed by atoms with E-state index in [0.29, 0.717) is 15.5 Å². The molecule has 0 aliphatic carbocycles. The summed E-state index contributed by atoms with van der Waals surface area (Å²) in [6.07, 6.45) is 0. The van der Waals surface area contributed by atoms with Gasteiger partial charge in [-0.15, -0.1) is 0 Å². The van der Waals surface area contributed by atoms with Crippen molar-refractivity contribution >= 4 is 44.5 Å². The molecule has 0 unspecified atom stereocenters. The largest absolute Gasteiger partial charge is 0.478 e. The van der Waals surface area contributed by atoms with Crippen molar-refractivity contribution in [2.24, 2.45) is 0 Å². The molecule has 72 valence electrons. The number of H-pyrrole nitrogens is 1. The Morgan fingerprint density at radius 1 is 1.57 bits per heavy atom. The fourth-order valence-electron chi connectivity index (χ4n) is 1.17. The van der Waals surface area contributed by atoms with Crippen LogP contribution in [0.3, 0.4) is 0 Å². The molecule has 1 heterocycles. The van der Waals surface area contributed by atoms with Gasteiger partial charge in [0.25, 0.3) is 0 Å². The molecule has 2 aromatic rings. The molecular formula is C8H4BrClN2O2. The Morgan fingerprint density at radius 3 is 2.93 bits per heavy atom. The van der Waals surface area contributed by atoms with Gasteiger partial charge in [-0.3, -0.25) is 0 Å². The Morgan fingerprint density at radius 2 is 2.29 bits per heavy atom. The van der Waals surface area contributed by atoms with E-state index < -0.39 is 5.97 Å². The predicted octanol–water partition coefficient (Wildman–Crippen LogP) is 2.68. The second-order valence-corrected chi connectivity index (χ2v) is 3.90. The van der Waals surface area contributed by atoms with Crippen molar-refractivity contribution in [2.45, 2.75) is 0 Å². The van der Waals surface area contributed by atoms with Gasteiger partial charge in [0, 0.05) is 4.47 Å². The Hall–Kier alpha value is -1.07. The number of aromatic carboxylic acids is 1. The molecule has 0 saturated heterocycles. The van der Waals surface area contributed by atoms with Crippen LogP contribution in [-0.2, 0) is 0 Å². The fourth-order valence-corrected chi connectivity index (χ4v) is 1.90. The van der Waals surface area contributed by atoms with Gasteiger partial charge in [-0.25, -0.2) is 9.78 Å². The predicted molar refractivity (Wildman–Crippen MR) is 55.8 cm³/mol. The quantitative estimate of drug-likeness (QED) is 0.841. The normalized spacial score (nSPS) is 10.7. The van der Waals surface area contributed by atoms with Crippen LogP contribution in [0.5, 0.6) is 0 Å². The maximum atomic E-state index is 10.7. The number of rotatable bonds is 1. The lowest BCUT2D eigenvalue weighted by Crippen LogP contribution is -1.95. The highest BCUT2D eigenvalue weighted by Crippen LogP contribution is 2.25. The molecule has 6 heteroatoms. The van der Waals surface area contributed by atoms with Crippen LogP contribution in [0.4, 0.5) is 0 Å². The zero-order valence-electron chi connectivity index (χ0n) is 6.71. The summed E-state index contributed by atoms with van der Waals surface area (Å²) >= 11 is 8.88. The number of aromatic nitrogens is 2. The first-order valence-corrected chi connectivity index (χ1v) is 4.83. The summed E-state index contributed by atoms with van der Waals surface area (Å²) in [5.74, 6) is -0.988. The van der Waals surface area contributed by atoms with E-state index in [-0.39, 0.29) is 10.8 Å². The first-order valence-electron chi connectivity index (χ1n) is 3.66. The second kappa shape index (κ2) is 3.25. The number of carboxylic acid groups (broad SMARTS) is 1. The maximum absolute atomic E-state index is 10.7. The van der Waals surface area contributed by atoms with Crippen molar-refractivity contribution in [3.63, 3.8) is 0 Å². The minimum atomic E-state index is -0.988. The smallest absolute Gasteiger partial charge is 0.335 e. The molecule has 2 rings (SSSR count). The highest BCUT2D eigenvalue weighted by atomic mass is 79.9. The fraction of sp³-hybridized carbons (Fsp3) is 0. The number of hydrogen-bond acceptors (Lipinski definition) is 2. The molecule has 0 aliphatic heterocycles. The van der Waals surface area contributed by atoms with Crippen LogP contribution in [0, 0.1) is 0 Å². The highest BCUT2D eigenvalue weighted by molar-refractivity contribution is 9.10. The van der Waals surface area contributed by atoms with Gasteiger partial charge in [-0.05, 0) is 39.7 Å². The van der Waals surface area contributed by atoms with Crippen molar-refractivity contribution in [1.82, 2.24) is 9.97 Å². The van der Waals surface area contributed by atoms with Crippen LogP contribution in [0.2, 0.25) is 5.28 Å². The third-order valence-electron chi connectivity index (χ3n) is 1.76. The number of imidazole rings is 1. The zero-order valence-corrected chi connectivity index (χ0v) is 9.06. The second-order valence-electron chi connectivity index (χ2n) is 2.69. The van der Waals surface area contributed by atoms with Gasteiger partial charge in [-0.1, -0.05) is 0 Å². The van der Waals surface area contributed by atoms with Gasteiger partial charge in [0.2, 0.25) is 5.28 Å². The lowest BCUT2D eigenvalue weighted by Gasteiger charge is -1.96. The standard InChI is InChI=1S/C8H4BrClN2O2/c9-4-1-3(7(13)14)2-5-6(4)12-8(10)11-5/h1-2H,(H,11,12)(H,13,14). The van der Waals surface area contributed by atoms with Gasteiger partial charge in [0.1, 0.15) is 5.52 Å². The van der Waals surface area contributed by atoms with Gasteiger partial charge in [0.05, 0.1) is 11.1 Å². The molecule has 1 aromatic carbocycles. The SMILES string of the molecule is O=C(O)c1cc(Br)c2nc(Cl)[nH]c2c1. The molecule has 1 aromatic heterocycles. The average molecular weight is 275 g/mol. The molecule has 2 N–H and O–H groups in total. The summed E-state index contributed by atoms with van der Waals surface area (Å²) in [7, 11) is 0. The summed E-state index contributed by atoms with van der Waals surface area (Å²) in [5.41, 5.74) is 1.41. The van der Waals surface area contributed by atoms with E-state index >= 15 is 0 Å². The van der Waals surface area contributed by atoms with E-state index in [2.05, 4.69) is 25.9 Å². The van der Waals surface area contributed by atoms with Crippen molar-refractivity contribution in [3.8, 4) is 0 Å². The number of hydrogen-bond donors (Lipinski definition) is 2. The first kappa shape index (κ1) is 9.48. The van der Waals surface area contributed by atoms with Crippen molar-refractivity contribution in [2.75, 3.05) is 0 Å². The minimum absolute atomic E-state index is 0.185. The van der Waals surface area contributed by atoms with Crippen molar-refractivity contribution < 1.29 is 9.90 Å². The van der Waals surface area contributed by atoms with Gasteiger partial charge >= 0.3 is 5.97 Å². The summed E-state index contributed by atoms with van der Waals surface area (Å²) in [6, 6.07) is 2.98. The van der Waals surface area contributed by atoms with Crippen LogP contribution in [-0.4, -0.2) is 21.0 Å². The Balaban J connectivity index is 2.77. The molecular weight excluding hydrogens is 271 g/mol. The lowest BCUT2D eigenvalue weighted by molar-refractivity contribution is 0.0697. The molecule has 0 atom stereocenters. The van der Waals surface area contributed by atoms with Gasteiger partial charge in [0.15, 0.2) is 0 Å². The van der Waals surface area contributed by atoms with Crippen molar-refractivity contribution in [3.05, 3.63) is 27.5 Å². The topological polar surface area (TPSA) is 66.0 Å². The first-order chi connectivity index (χ1) is 6.58. The van der Waals surface area contributed by atoms with Crippen molar-refractivity contribution in [1.29, 1.82) is 0 Å². The third kappa shape index (κ3) is 1.49. The van der Waals surface area contributed by atoms with Gasteiger partial charge in [-0.2, -0.15) is 0 Å². The number of aromatic amines is 1. The summed E-state index contributed by atoms with van der Waals surface area (Å²) < 4.78 is 0.607. The number of nitrogens with zero attached hydrogens (tertiary/aromatic N) is 1. The van der Waals surface area contributed by atoms with E-state index in [0.717, 1.165) is 0 Å². The van der Waals surface area contributed by atoms with Crippen LogP contribution in [0.25, 0.3) is 11.0 Å². The van der Waals surface area contributed by atoms with E-state index in [4.69, 9.17) is 16.7 Å². The number of nitrogens with one attached hydrogen (secondary N) is 1. The number of halogens is 2. The number of carbonyl (C=O) groups is 1. The van der Waals surface area contributed by atoms with E-state index in [1.165, 1.54) is 12.1 Å². The molecule has 0 fully saturated rings. The molecule has 0 amide bonds. The molecule has 14 heavy (non-hydrogen) atoms. The van der Waals surface area contributed by atoms with Crippen LogP contribution >= 0.6 is 27.5 Å².